The SMILES string of the molecule is C[C@@H]1C[C@@H](C)CN(S(=O)(=O)c2ccc(N(C)Cc3cccnc3)c([N+](=O)[O-])c2)C1. The van der Waals surface area contributed by atoms with Gasteiger partial charge in [-0.25, -0.2) is 8.42 Å². The van der Waals surface area contributed by atoms with E-state index in [9.17, 15) is 18.5 Å². The summed E-state index contributed by atoms with van der Waals surface area (Å²) in [4.78, 5) is 16.9. The van der Waals surface area contributed by atoms with E-state index in [-0.39, 0.29) is 22.4 Å². The summed E-state index contributed by atoms with van der Waals surface area (Å²) >= 11 is 0. The topological polar surface area (TPSA) is 96.7 Å². The van der Waals surface area contributed by atoms with E-state index in [1.165, 1.54) is 22.5 Å². The zero-order valence-electron chi connectivity index (χ0n) is 16.9. The summed E-state index contributed by atoms with van der Waals surface area (Å²) in [6, 6.07) is 7.83. The van der Waals surface area contributed by atoms with Crippen LogP contribution in [0.5, 0.6) is 0 Å². The average Bonchev–Trinajstić information content (AvgIpc) is 2.67. The van der Waals surface area contributed by atoms with E-state index < -0.39 is 14.9 Å². The molecule has 1 aromatic carbocycles. The molecule has 0 spiro atoms. The first kappa shape index (κ1) is 21.2. The van der Waals surface area contributed by atoms with Crippen LogP contribution in [0.4, 0.5) is 11.4 Å². The third-order valence-corrected chi connectivity index (χ3v) is 7.00. The van der Waals surface area contributed by atoms with Gasteiger partial charge < -0.3 is 4.90 Å². The number of anilines is 1. The van der Waals surface area contributed by atoms with Crippen LogP contribution >= 0.6 is 0 Å². The normalized spacial score (nSPS) is 20.4. The molecule has 0 saturated carbocycles. The molecule has 1 aliphatic heterocycles. The van der Waals surface area contributed by atoms with Gasteiger partial charge >= 0.3 is 0 Å². The van der Waals surface area contributed by atoms with Gasteiger partial charge in [0.1, 0.15) is 5.69 Å². The second-order valence-corrected chi connectivity index (χ2v) is 9.83. The van der Waals surface area contributed by atoms with Crippen molar-refractivity contribution in [2.24, 2.45) is 11.8 Å². The fourth-order valence-corrected chi connectivity index (χ4v) is 5.63. The molecule has 0 radical (unpaired) electrons. The number of benzene rings is 1. The molecule has 156 valence electrons. The third-order valence-electron chi connectivity index (χ3n) is 5.17. The Morgan fingerprint density at radius 2 is 1.93 bits per heavy atom. The highest BCUT2D eigenvalue weighted by Gasteiger charge is 2.33. The summed E-state index contributed by atoms with van der Waals surface area (Å²) in [5.74, 6) is 0.516. The Labute approximate surface area is 171 Å². The quantitative estimate of drug-likeness (QED) is 0.527. The van der Waals surface area contributed by atoms with Crippen molar-refractivity contribution in [3.63, 3.8) is 0 Å². The molecule has 29 heavy (non-hydrogen) atoms. The van der Waals surface area contributed by atoms with E-state index >= 15 is 0 Å². The van der Waals surface area contributed by atoms with Gasteiger partial charge in [-0.2, -0.15) is 4.31 Å². The molecule has 1 saturated heterocycles. The van der Waals surface area contributed by atoms with Gasteiger partial charge in [0, 0.05) is 45.1 Å². The molecule has 1 aliphatic rings. The second-order valence-electron chi connectivity index (χ2n) is 7.89. The predicted molar refractivity (Wildman–Crippen MR) is 111 cm³/mol. The highest BCUT2D eigenvalue weighted by Crippen LogP contribution is 2.33. The van der Waals surface area contributed by atoms with Crippen LogP contribution in [0, 0.1) is 22.0 Å². The Morgan fingerprint density at radius 1 is 1.24 bits per heavy atom. The van der Waals surface area contributed by atoms with Crippen molar-refractivity contribution in [3.05, 3.63) is 58.4 Å². The Bertz CT molecular complexity index is 971. The van der Waals surface area contributed by atoms with E-state index in [1.54, 1.807) is 30.4 Å². The summed E-state index contributed by atoms with van der Waals surface area (Å²) in [5.41, 5.74) is 1.03. The highest BCUT2D eigenvalue weighted by atomic mass is 32.2. The molecular weight excluding hydrogens is 392 g/mol. The van der Waals surface area contributed by atoms with Gasteiger partial charge in [0.05, 0.1) is 9.82 Å². The van der Waals surface area contributed by atoms with E-state index in [0.29, 0.717) is 25.3 Å². The standard InChI is InChI=1S/C20H26N4O4S/c1-15-9-16(2)13-23(12-15)29(27,28)18-6-7-19(20(10-18)24(25)26)22(3)14-17-5-4-8-21-11-17/h4-8,10-11,15-16H,9,12-14H2,1-3H3/t15-,16-/m1/s1. The summed E-state index contributed by atoms with van der Waals surface area (Å²) in [6.45, 7) is 5.34. The number of pyridine rings is 1. The Kier molecular flexibility index (Phi) is 6.18. The van der Waals surface area contributed by atoms with Crippen LogP contribution in [-0.2, 0) is 16.6 Å². The zero-order valence-corrected chi connectivity index (χ0v) is 17.7. The lowest BCUT2D eigenvalue weighted by atomic mass is 9.94. The highest BCUT2D eigenvalue weighted by molar-refractivity contribution is 7.89. The monoisotopic (exact) mass is 418 g/mol. The van der Waals surface area contributed by atoms with Gasteiger partial charge in [-0.05, 0) is 42.0 Å². The molecule has 3 rings (SSSR count). The number of nitro groups is 1. The number of rotatable bonds is 6. The van der Waals surface area contributed by atoms with Gasteiger partial charge in [0.25, 0.3) is 5.69 Å². The predicted octanol–water partition coefficient (Wildman–Crippen LogP) is 3.29. The van der Waals surface area contributed by atoms with Crippen LogP contribution in [-0.4, -0.2) is 42.8 Å². The largest absolute Gasteiger partial charge is 0.365 e. The van der Waals surface area contributed by atoms with Crippen LogP contribution in [0.25, 0.3) is 0 Å². The molecule has 0 N–H and O–H groups in total. The molecule has 1 fully saturated rings. The van der Waals surface area contributed by atoms with Crippen LogP contribution in [0.2, 0.25) is 0 Å². The fraction of sp³-hybridized carbons (Fsp3) is 0.450. The minimum atomic E-state index is -3.78. The minimum absolute atomic E-state index is 0.0379. The average molecular weight is 419 g/mol. The number of sulfonamides is 1. The van der Waals surface area contributed by atoms with Crippen LogP contribution in [0.15, 0.2) is 47.6 Å². The number of nitrogens with zero attached hydrogens (tertiary/aromatic N) is 4. The molecule has 0 amide bonds. The maximum atomic E-state index is 13.1. The lowest BCUT2D eigenvalue weighted by Crippen LogP contribution is -2.42. The molecule has 9 heteroatoms. The van der Waals surface area contributed by atoms with Crippen molar-refractivity contribution in [3.8, 4) is 0 Å². The van der Waals surface area contributed by atoms with Gasteiger partial charge in [-0.3, -0.25) is 15.1 Å². The maximum Gasteiger partial charge on any atom is 0.293 e. The first-order chi connectivity index (χ1) is 13.7. The van der Waals surface area contributed by atoms with E-state index in [4.69, 9.17) is 0 Å². The van der Waals surface area contributed by atoms with Crippen molar-refractivity contribution >= 4 is 21.4 Å². The van der Waals surface area contributed by atoms with Crippen molar-refractivity contribution in [1.29, 1.82) is 0 Å². The molecular formula is C20H26N4O4S. The van der Waals surface area contributed by atoms with Crippen molar-refractivity contribution < 1.29 is 13.3 Å². The van der Waals surface area contributed by atoms with Gasteiger partial charge in [0.15, 0.2) is 0 Å². The van der Waals surface area contributed by atoms with Gasteiger partial charge in [0.2, 0.25) is 10.0 Å². The lowest BCUT2D eigenvalue weighted by molar-refractivity contribution is -0.384. The Balaban J connectivity index is 1.92. The molecule has 2 heterocycles. The fourth-order valence-electron chi connectivity index (χ4n) is 3.93. The first-order valence-corrected chi connectivity index (χ1v) is 11.0. The number of nitro benzene ring substituents is 1. The van der Waals surface area contributed by atoms with Crippen LogP contribution in [0.3, 0.4) is 0 Å². The minimum Gasteiger partial charge on any atom is -0.365 e. The van der Waals surface area contributed by atoms with Crippen molar-refractivity contribution in [2.75, 3.05) is 25.0 Å². The number of hydrogen-bond donors (Lipinski definition) is 0. The van der Waals surface area contributed by atoms with Gasteiger partial charge in [-0.1, -0.05) is 19.9 Å². The third kappa shape index (κ3) is 4.73. The number of aromatic nitrogens is 1. The van der Waals surface area contributed by atoms with Crippen molar-refractivity contribution in [1.82, 2.24) is 9.29 Å². The van der Waals surface area contributed by atoms with Crippen molar-refractivity contribution in [2.45, 2.75) is 31.7 Å². The second kappa shape index (κ2) is 8.46. The Morgan fingerprint density at radius 3 is 2.52 bits per heavy atom. The van der Waals surface area contributed by atoms with Crippen LogP contribution < -0.4 is 4.90 Å². The first-order valence-electron chi connectivity index (χ1n) is 9.57. The van der Waals surface area contributed by atoms with E-state index in [1.807, 2.05) is 19.9 Å². The van der Waals surface area contributed by atoms with Crippen LogP contribution in [0.1, 0.15) is 25.8 Å². The Hall–Kier alpha value is -2.52. The van der Waals surface area contributed by atoms with E-state index in [2.05, 4.69) is 4.98 Å². The molecule has 1 aromatic heterocycles. The maximum absolute atomic E-state index is 13.1. The lowest BCUT2D eigenvalue weighted by Gasteiger charge is -2.34. The summed E-state index contributed by atoms with van der Waals surface area (Å²) in [5, 5.41) is 11.7. The molecule has 8 nitrogen and oxygen atoms in total. The zero-order chi connectivity index (χ0) is 21.2. The molecule has 0 unspecified atom stereocenters. The summed E-state index contributed by atoms with van der Waals surface area (Å²) in [6.07, 6.45) is 4.33. The number of piperidine rings is 1. The van der Waals surface area contributed by atoms with E-state index in [0.717, 1.165) is 12.0 Å². The molecule has 0 aliphatic carbocycles. The molecule has 2 atom stereocenters. The van der Waals surface area contributed by atoms with Gasteiger partial charge in [-0.15, -0.1) is 0 Å². The summed E-state index contributed by atoms with van der Waals surface area (Å²) in [7, 11) is -2.05. The summed E-state index contributed by atoms with van der Waals surface area (Å²) < 4.78 is 27.7. The smallest absolute Gasteiger partial charge is 0.293 e. The number of hydrogen-bond acceptors (Lipinski definition) is 6. The molecule has 2 aromatic rings. The molecule has 0 bridgehead atoms.